The first-order chi connectivity index (χ1) is 10.3. The number of nitrogens with zero attached hydrogens (tertiary/aromatic N) is 1. The molecule has 0 saturated heterocycles. The van der Waals surface area contributed by atoms with Crippen molar-refractivity contribution >= 4 is 22.7 Å². The number of hydrogen-bond donors (Lipinski definition) is 2. The fourth-order valence-electron chi connectivity index (χ4n) is 2.19. The molecule has 1 aromatic heterocycles. The average molecular weight is 299 g/mol. The Balaban J connectivity index is 1.96. The molecular formula is C17H21N3O2. The molecule has 0 bridgehead atoms. The molecule has 0 spiro atoms. The predicted molar refractivity (Wildman–Crippen MR) is 86.4 cm³/mol. The van der Waals surface area contributed by atoms with Crippen LogP contribution in [0.2, 0.25) is 0 Å². The lowest BCUT2D eigenvalue weighted by Gasteiger charge is -2.20. The molecule has 1 aromatic carbocycles. The van der Waals surface area contributed by atoms with Crippen LogP contribution in [0.1, 0.15) is 26.3 Å². The largest absolute Gasteiger partial charge is 0.350 e. The predicted octanol–water partition coefficient (Wildman–Crippen LogP) is 1.81. The van der Waals surface area contributed by atoms with Crippen molar-refractivity contribution < 1.29 is 9.59 Å². The molecule has 2 rings (SSSR count). The number of hydrogen-bond acceptors (Lipinski definition) is 3. The number of pyridine rings is 1. The maximum absolute atomic E-state index is 12.0. The fourth-order valence-corrected chi connectivity index (χ4v) is 2.19. The fraction of sp³-hybridized carbons (Fsp3) is 0.353. The Morgan fingerprint density at radius 2 is 1.82 bits per heavy atom. The summed E-state index contributed by atoms with van der Waals surface area (Å²) < 4.78 is 0. The zero-order chi connectivity index (χ0) is 16.2. The van der Waals surface area contributed by atoms with Crippen LogP contribution < -0.4 is 10.6 Å². The standard InChI is InChI=1S/C17H21N3O2/c1-17(2,3)20-15(22)11-19-14(21)10-13-7-4-6-12-8-5-9-18-16(12)13/h4-9H,10-11H2,1-3H3,(H,19,21)(H,20,22). The first-order valence-electron chi connectivity index (χ1n) is 7.25. The summed E-state index contributed by atoms with van der Waals surface area (Å²) in [4.78, 5) is 28.0. The van der Waals surface area contributed by atoms with Gasteiger partial charge in [-0.25, -0.2) is 0 Å². The van der Waals surface area contributed by atoms with Crippen molar-refractivity contribution in [3.8, 4) is 0 Å². The Morgan fingerprint density at radius 1 is 1.09 bits per heavy atom. The molecule has 0 unspecified atom stereocenters. The number of nitrogens with one attached hydrogen (secondary N) is 2. The summed E-state index contributed by atoms with van der Waals surface area (Å²) >= 11 is 0. The highest BCUT2D eigenvalue weighted by atomic mass is 16.2. The summed E-state index contributed by atoms with van der Waals surface area (Å²) in [6.45, 7) is 5.67. The number of rotatable bonds is 4. The zero-order valence-electron chi connectivity index (χ0n) is 13.1. The van der Waals surface area contributed by atoms with Gasteiger partial charge in [0.15, 0.2) is 0 Å². The van der Waals surface area contributed by atoms with Crippen LogP contribution in [0.3, 0.4) is 0 Å². The Hall–Kier alpha value is -2.43. The van der Waals surface area contributed by atoms with Gasteiger partial charge in [-0.3, -0.25) is 14.6 Å². The molecule has 2 aromatic rings. The third-order valence-electron chi connectivity index (χ3n) is 3.03. The van der Waals surface area contributed by atoms with Gasteiger partial charge in [0.2, 0.25) is 11.8 Å². The van der Waals surface area contributed by atoms with E-state index in [1.54, 1.807) is 6.20 Å². The number of para-hydroxylation sites is 1. The van der Waals surface area contributed by atoms with Gasteiger partial charge in [0.05, 0.1) is 18.5 Å². The van der Waals surface area contributed by atoms with Crippen molar-refractivity contribution in [3.05, 3.63) is 42.1 Å². The van der Waals surface area contributed by atoms with Crippen molar-refractivity contribution in [2.24, 2.45) is 0 Å². The summed E-state index contributed by atoms with van der Waals surface area (Å²) in [7, 11) is 0. The molecule has 0 atom stereocenters. The molecule has 2 amide bonds. The molecule has 22 heavy (non-hydrogen) atoms. The van der Waals surface area contributed by atoms with E-state index >= 15 is 0 Å². The smallest absolute Gasteiger partial charge is 0.239 e. The summed E-state index contributed by atoms with van der Waals surface area (Å²) in [5.41, 5.74) is 1.37. The van der Waals surface area contributed by atoms with Crippen LogP contribution in [0.4, 0.5) is 0 Å². The van der Waals surface area contributed by atoms with Crippen molar-refractivity contribution in [3.63, 3.8) is 0 Å². The van der Waals surface area contributed by atoms with Crippen LogP contribution in [0.25, 0.3) is 10.9 Å². The summed E-state index contributed by atoms with van der Waals surface area (Å²) in [6, 6.07) is 9.56. The Labute approximate surface area is 130 Å². The van der Waals surface area contributed by atoms with Gasteiger partial charge in [0.25, 0.3) is 0 Å². The van der Waals surface area contributed by atoms with Gasteiger partial charge in [0.1, 0.15) is 0 Å². The molecule has 0 aliphatic rings. The number of amides is 2. The van der Waals surface area contributed by atoms with E-state index in [4.69, 9.17) is 0 Å². The number of carbonyl (C=O) groups is 2. The molecule has 0 fully saturated rings. The van der Waals surface area contributed by atoms with Gasteiger partial charge in [-0.2, -0.15) is 0 Å². The van der Waals surface area contributed by atoms with Crippen molar-refractivity contribution in [2.75, 3.05) is 6.54 Å². The second-order valence-corrected chi connectivity index (χ2v) is 6.24. The van der Waals surface area contributed by atoms with Crippen LogP contribution in [0.5, 0.6) is 0 Å². The Kier molecular flexibility index (Phi) is 4.75. The highest BCUT2D eigenvalue weighted by molar-refractivity contribution is 5.89. The molecule has 5 nitrogen and oxygen atoms in total. The topological polar surface area (TPSA) is 71.1 Å². The normalized spacial score (nSPS) is 11.2. The van der Waals surface area contributed by atoms with Crippen molar-refractivity contribution in [2.45, 2.75) is 32.7 Å². The zero-order valence-corrected chi connectivity index (χ0v) is 13.1. The molecular weight excluding hydrogens is 278 g/mol. The van der Waals surface area contributed by atoms with E-state index < -0.39 is 0 Å². The molecule has 0 radical (unpaired) electrons. The number of aromatic nitrogens is 1. The van der Waals surface area contributed by atoms with E-state index in [2.05, 4.69) is 15.6 Å². The van der Waals surface area contributed by atoms with Crippen LogP contribution in [-0.4, -0.2) is 28.9 Å². The summed E-state index contributed by atoms with van der Waals surface area (Å²) in [5, 5.41) is 6.44. The van der Waals surface area contributed by atoms with Crippen LogP contribution in [0.15, 0.2) is 36.5 Å². The van der Waals surface area contributed by atoms with Crippen molar-refractivity contribution in [1.29, 1.82) is 0 Å². The molecule has 0 aliphatic heterocycles. The van der Waals surface area contributed by atoms with Gasteiger partial charge >= 0.3 is 0 Å². The molecule has 0 saturated carbocycles. The van der Waals surface area contributed by atoms with E-state index in [1.807, 2.05) is 51.1 Å². The first-order valence-corrected chi connectivity index (χ1v) is 7.25. The molecule has 0 aliphatic carbocycles. The van der Waals surface area contributed by atoms with E-state index in [-0.39, 0.29) is 30.3 Å². The minimum absolute atomic E-state index is 0.0195. The summed E-state index contributed by atoms with van der Waals surface area (Å²) in [5.74, 6) is -0.390. The minimum atomic E-state index is -0.304. The average Bonchev–Trinajstić information content (AvgIpc) is 2.44. The van der Waals surface area contributed by atoms with Gasteiger partial charge in [-0.1, -0.05) is 24.3 Å². The van der Waals surface area contributed by atoms with Crippen LogP contribution >= 0.6 is 0 Å². The Bertz CT molecular complexity index is 684. The first kappa shape index (κ1) is 15.9. The number of fused-ring (bicyclic) bond motifs is 1. The van der Waals surface area contributed by atoms with E-state index in [0.717, 1.165) is 16.5 Å². The van der Waals surface area contributed by atoms with Crippen molar-refractivity contribution in [1.82, 2.24) is 15.6 Å². The maximum atomic E-state index is 12.0. The molecule has 5 heteroatoms. The molecule has 1 heterocycles. The van der Waals surface area contributed by atoms with E-state index in [9.17, 15) is 9.59 Å². The minimum Gasteiger partial charge on any atom is -0.350 e. The SMILES string of the molecule is CC(C)(C)NC(=O)CNC(=O)Cc1cccc2cccnc12. The number of carbonyl (C=O) groups excluding carboxylic acids is 2. The molecule has 116 valence electrons. The van der Waals surface area contributed by atoms with E-state index in [1.165, 1.54) is 0 Å². The number of benzene rings is 1. The van der Waals surface area contributed by atoms with Gasteiger partial charge in [-0.05, 0) is 32.4 Å². The third kappa shape index (κ3) is 4.55. The lowest BCUT2D eigenvalue weighted by atomic mass is 10.1. The Morgan fingerprint density at radius 3 is 2.55 bits per heavy atom. The van der Waals surface area contributed by atoms with E-state index in [0.29, 0.717) is 0 Å². The second kappa shape index (κ2) is 6.56. The third-order valence-corrected chi connectivity index (χ3v) is 3.03. The van der Waals surface area contributed by atoms with Gasteiger partial charge < -0.3 is 10.6 Å². The molecule has 2 N–H and O–H groups in total. The highest BCUT2D eigenvalue weighted by Crippen LogP contribution is 2.16. The lowest BCUT2D eigenvalue weighted by Crippen LogP contribution is -2.46. The maximum Gasteiger partial charge on any atom is 0.239 e. The highest BCUT2D eigenvalue weighted by Gasteiger charge is 2.14. The summed E-state index contributed by atoms with van der Waals surface area (Å²) in [6.07, 6.45) is 1.91. The quantitative estimate of drug-likeness (QED) is 0.904. The monoisotopic (exact) mass is 299 g/mol. The lowest BCUT2D eigenvalue weighted by molar-refractivity contribution is -0.126. The van der Waals surface area contributed by atoms with Crippen LogP contribution in [0, 0.1) is 0 Å². The van der Waals surface area contributed by atoms with Gasteiger partial charge in [-0.15, -0.1) is 0 Å². The second-order valence-electron chi connectivity index (χ2n) is 6.24. The van der Waals surface area contributed by atoms with Crippen LogP contribution in [-0.2, 0) is 16.0 Å². The van der Waals surface area contributed by atoms with Gasteiger partial charge in [0, 0.05) is 17.1 Å².